The molecule has 0 amide bonds. The van der Waals surface area contributed by atoms with Gasteiger partial charge >= 0.3 is 0 Å². The van der Waals surface area contributed by atoms with Gasteiger partial charge < -0.3 is 19.5 Å². The zero-order chi connectivity index (χ0) is 18.9. The van der Waals surface area contributed by atoms with Crippen LogP contribution in [-0.4, -0.2) is 48.2 Å². The van der Waals surface area contributed by atoms with Crippen molar-refractivity contribution in [2.45, 2.75) is 6.54 Å². The molecule has 2 aromatic heterocycles. The predicted octanol–water partition coefficient (Wildman–Crippen LogP) is 2.02. The number of aromatic amines is 1. The fourth-order valence-corrected chi connectivity index (χ4v) is 4.20. The molecule has 0 radical (unpaired) electrons. The van der Waals surface area contributed by atoms with Crippen LogP contribution in [0.2, 0.25) is 0 Å². The molecule has 0 aliphatic carbocycles. The molecule has 1 aliphatic rings. The van der Waals surface area contributed by atoms with Crippen LogP contribution in [0.3, 0.4) is 0 Å². The summed E-state index contributed by atoms with van der Waals surface area (Å²) in [5.74, 6) is 1.83. The first-order valence-corrected chi connectivity index (χ1v) is 9.75. The number of piperazine rings is 1. The molecule has 2 aromatic carbocycles. The minimum Gasteiger partial charge on any atom is -0.496 e. The number of hydrogen-bond donors (Lipinski definition) is 2. The van der Waals surface area contributed by atoms with E-state index in [1.165, 1.54) is 5.56 Å². The maximum Gasteiger partial charge on any atom is 0.156 e. The molecular weight excluding hydrogens is 350 g/mol. The Kier molecular flexibility index (Phi) is 4.33. The third kappa shape index (κ3) is 2.96. The zero-order valence-corrected chi connectivity index (χ0v) is 16.0. The van der Waals surface area contributed by atoms with Gasteiger partial charge in [-0.3, -0.25) is 0 Å². The first-order chi connectivity index (χ1) is 13.8. The largest absolute Gasteiger partial charge is 0.496 e. The van der Waals surface area contributed by atoms with Gasteiger partial charge in [0, 0.05) is 5.56 Å². The number of H-pyrrole nitrogens is 1. The Morgan fingerprint density at radius 3 is 2.64 bits per heavy atom. The van der Waals surface area contributed by atoms with Gasteiger partial charge in [-0.05, 0) is 12.1 Å². The summed E-state index contributed by atoms with van der Waals surface area (Å²) < 4.78 is 5.55. The maximum atomic E-state index is 5.55. The molecule has 1 fully saturated rings. The number of methoxy groups -OCH3 is 1. The molecule has 0 unspecified atom stereocenters. The Labute approximate surface area is 163 Å². The van der Waals surface area contributed by atoms with Crippen molar-refractivity contribution in [3.05, 3.63) is 60.4 Å². The van der Waals surface area contributed by atoms with Crippen molar-refractivity contribution in [3.8, 4) is 5.75 Å². The predicted molar refractivity (Wildman–Crippen MR) is 111 cm³/mol. The van der Waals surface area contributed by atoms with Gasteiger partial charge in [0.15, 0.2) is 5.82 Å². The topological polar surface area (TPSA) is 58.5 Å². The van der Waals surface area contributed by atoms with Crippen LogP contribution >= 0.6 is 0 Å². The Balaban J connectivity index is 1.41. The number of benzene rings is 2. The van der Waals surface area contributed by atoms with Gasteiger partial charge in [0.1, 0.15) is 29.7 Å². The zero-order valence-electron chi connectivity index (χ0n) is 16.0. The molecule has 6 heteroatoms. The fraction of sp³-hybridized carbons (Fsp3) is 0.273. The summed E-state index contributed by atoms with van der Waals surface area (Å²) in [6, 6.07) is 16.8. The van der Waals surface area contributed by atoms with Gasteiger partial charge in [0.05, 0.1) is 44.2 Å². The summed E-state index contributed by atoms with van der Waals surface area (Å²) in [4.78, 5) is 16.7. The van der Waals surface area contributed by atoms with Crippen LogP contribution in [0.1, 0.15) is 5.56 Å². The monoisotopic (exact) mass is 374 g/mol. The lowest BCUT2D eigenvalue weighted by molar-refractivity contribution is -0.914. The minimum absolute atomic E-state index is 0.838. The summed E-state index contributed by atoms with van der Waals surface area (Å²) in [7, 11) is 1.70. The lowest BCUT2D eigenvalue weighted by Crippen LogP contribution is -3.13. The standard InChI is InChI=1S/C22H23N5O/c1-28-18-9-5-8-17-19(18)20-21(25-17)22(24-15-23-20)27-12-10-26(11-13-27)14-16-6-3-2-4-7-16/h2-9,15,25H,10-14H2,1H3/p+1. The molecule has 5 rings (SSSR count). The van der Waals surface area contributed by atoms with Crippen molar-refractivity contribution in [2.24, 2.45) is 0 Å². The van der Waals surface area contributed by atoms with Gasteiger partial charge in [0.25, 0.3) is 0 Å². The van der Waals surface area contributed by atoms with Crippen molar-refractivity contribution in [1.29, 1.82) is 0 Å². The minimum atomic E-state index is 0.838. The highest BCUT2D eigenvalue weighted by Gasteiger charge is 2.24. The fourth-order valence-electron chi connectivity index (χ4n) is 4.20. The van der Waals surface area contributed by atoms with Crippen LogP contribution in [0.25, 0.3) is 21.9 Å². The Hall–Kier alpha value is -3.12. The van der Waals surface area contributed by atoms with E-state index in [1.54, 1.807) is 18.3 Å². The van der Waals surface area contributed by atoms with Crippen molar-refractivity contribution in [1.82, 2.24) is 15.0 Å². The van der Waals surface area contributed by atoms with E-state index in [1.807, 2.05) is 12.1 Å². The molecule has 1 saturated heterocycles. The molecule has 1 aliphatic heterocycles. The average molecular weight is 374 g/mol. The van der Waals surface area contributed by atoms with Gasteiger partial charge in [-0.25, -0.2) is 9.97 Å². The van der Waals surface area contributed by atoms with E-state index < -0.39 is 0 Å². The molecule has 28 heavy (non-hydrogen) atoms. The summed E-state index contributed by atoms with van der Waals surface area (Å²) in [5, 5.41) is 1.02. The van der Waals surface area contributed by atoms with E-state index >= 15 is 0 Å². The molecule has 6 nitrogen and oxygen atoms in total. The SMILES string of the molecule is COc1cccc2[nH]c3c(N4CC[NH+](Cc5ccccc5)CC4)ncnc3c12. The smallest absolute Gasteiger partial charge is 0.156 e. The number of ether oxygens (including phenoxy) is 1. The van der Waals surface area contributed by atoms with Crippen LogP contribution in [-0.2, 0) is 6.54 Å². The summed E-state index contributed by atoms with van der Waals surface area (Å²) in [6.07, 6.45) is 1.67. The van der Waals surface area contributed by atoms with Gasteiger partial charge in [-0.1, -0.05) is 36.4 Å². The van der Waals surface area contributed by atoms with E-state index in [9.17, 15) is 0 Å². The van der Waals surface area contributed by atoms with Gasteiger partial charge in [-0.15, -0.1) is 0 Å². The van der Waals surface area contributed by atoms with E-state index in [2.05, 4.69) is 56.3 Å². The first kappa shape index (κ1) is 17.0. The van der Waals surface area contributed by atoms with Crippen LogP contribution in [0.15, 0.2) is 54.9 Å². The molecule has 0 spiro atoms. The number of nitrogens with one attached hydrogen (secondary N) is 2. The van der Waals surface area contributed by atoms with Crippen molar-refractivity contribution >= 4 is 27.8 Å². The number of hydrogen-bond acceptors (Lipinski definition) is 4. The number of aromatic nitrogens is 3. The number of anilines is 1. The Morgan fingerprint density at radius 1 is 1.04 bits per heavy atom. The van der Waals surface area contributed by atoms with Crippen molar-refractivity contribution in [2.75, 3.05) is 38.2 Å². The van der Waals surface area contributed by atoms with E-state index in [-0.39, 0.29) is 0 Å². The van der Waals surface area contributed by atoms with E-state index in [4.69, 9.17) is 4.74 Å². The van der Waals surface area contributed by atoms with Crippen LogP contribution in [0, 0.1) is 0 Å². The highest BCUT2D eigenvalue weighted by Crippen LogP contribution is 2.34. The molecule has 142 valence electrons. The second kappa shape index (κ2) is 7.13. The molecule has 0 atom stereocenters. The number of fused-ring (bicyclic) bond motifs is 3. The Bertz CT molecular complexity index is 1100. The lowest BCUT2D eigenvalue weighted by Gasteiger charge is -2.33. The van der Waals surface area contributed by atoms with Crippen molar-refractivity contribution in [3.63, 3.8) is 0 Å². The second-order valence-corrected chi connectivity index (χ2v) is 7.33. The normalized spacial score (nSPS) is 15.4. The maximum absolute atomic E-state index is 5.55. The third-order valence-corrected chi connectivity index (χ3v) is 5.64. The molecule has 0 bridgehead atoms. The highest BCUT2D eigenvalue weighted by molar-refractivity contribution is 6.11. The molecule has 0 saturated carbocycles. The van der Waals surface area contributed by atoms with Crippen LogP contribution in [0.4, 0.5) is 5.82 Å². The summed E-state index contributed by atoms with van der Waals surface area (Å²) in [6.45, 7) is 5.26. The first-order valence-electron chi connectivity index (χ1n) is 9.75. The van der Waals surface area contributed by atoms with E-state index in [0.717, 1.165) is 66.2 Å². The third-order valence-electron chi connectivity index (χ3n) is 5.64. The average Bonchev–Trinajstić information content (AvgIpc) is 3.14. The van der Waals surface area contributed by atoms with Crippen LogP contribution < -0.4 is 14.5 Å². The van der Waals surface area contributed by atoms with E-state index in [0.29, 0.717) is 0 Å². The molecule has 2 N–H and O–H groups in total. The quantitative estimate of drug-likeness (QED) is 0.574. The molecule has 4 aromatic rings. The van der Waals surface area contributed by atoms with Gasteiger partial charge in [-0.2, -0.15) is 0 Å². The highest BCUT2D eigenvalue weighted by atomic mass is 16.5. The Morgan fingerprint density at radius 2 is 1.86 bits per heavy atom. The number of quaternary nitrogens is 1. The summed E-state index contributed by atoms with van der Waals surface area (Å²) in [5.41, 5.74) is 4.35. The summed E-state index contributed by atoms with van der Waals surface area (Å²) >= 11 is 0. The molecule has 3 heterocycles. The van der Waals surface area contributed by atoms with Crippen molar-refractivity contribution < 1.29 is 9.64 Å². The second-order valence-electron chi connectivity index (χ2n) is 7.33. The number of nitrogens with zero attached hydrogens (tertiary/aromatic N) is 3. The molecular formula is C22H24N5O+. The van der Waals surface area contributed by atoms with Gasteiger partial charge in [0.2, 0.25) is 0 Å². The lowest BCUT2D eigenvalue weighted by atomic mass is 10.2. The van der Waals surface area contributed by atoms with Crippen LogP contribution in [0.5, 0.6) is 5.75 Å². The number of rotatable bonds is 4.